The molecule has 0 aromatic heterocycles. The van der Waals surface area contributed by atoms with Crippen LogP contribution in [0, 0.1) is 0 Å². The van der Waals surface area contributed by atoms with E-state index in [0.29, 0.717) is 12.1 Å². The summed E-state index contributed by atoms with van der Waals surface area (Å²) in [6.07, 6.45) is -14.1. The van der Waals surface area contributed by atoms with Gasteiger partial charge in [0.2, 0.25) is 5.91 Å². The zero-order chi connectivity index (χ0) is 30.6. The van der Waals surface area contributed by atoms with Crippen molar-refractivity contribution in [3.63, 3.8) is 0 Å². The minimum atomic E-state index is -5.33. The third-order valence-corrected chi connectivity index (χ3v) is 5.70. The molecule has 2 rings (SSSR count). The van der Waals surface area contributed by atoms with Crippen LogP contribution >= 0.6 is 23.2 Å². The number of carbonyl (C=O) groups is 2. The quantitative estimate of drug-likeness (QED) is 0.296. The van der Waals surface area contributed by atoms with Crippen LogP contribution in [-0.2, 0) is 11.0 Å². The molecule has 0 fully saturated rings. The molecule has 2 amide bonds. The molecule has 4 nitrogen and oxygen atoms in total. The molecule has 0 aliphatic heterocycles. The van der Waals surface area contributed by atoms with Crippen LogP contribution in [0.15, 0.2) is 43.0 Å². The Morgan fingerprint density at radius 3 is 1.98 bits per heavy atom. The van der Waals surface area contributed by atoms with Gasteiger partial charge in [0.05, 0.1) is 17.7 Å². The smallest absolute Gasteiger partial charge is 0.345 e. The fourth-order valence-corrected chi connectivity index (χ4v) is 3.90. The first-order valence-corrected chi connectivity index (χ1v) is 11.4. The molecular weight excluding hydrogens is 609 g/mol. The maximum absolute atomic E-state index is 15.0. The lowest BCUT2D eigenvalue weighted by molar-refractivity contribution is -0.140. The monoisotopic (exact) mass is 624 g/mol. The van der Waals surface area contributed by atoms with E-state index < -0.39 is 77.4 Å². The molecule has 40 heavy (non-hydrogen) atoms. The van der Waals surface area contributed by atoms with E-state index in [9.17, 15) is 53.5 Å². The molecule has 0 saturated heterocycles. The number of hydrogen-bond acceptors (Lipinski definition) is 2. The standard InChI is InChI=1S/C24H16Cl2F10N2O2/c1-2-13-17(25)6-12(7-18(13)26)15(23(31,32)33)8-19(27)11-3-4-14(16(5-11)24(34,35)36)21(40)37-9-20(39)38-10-22(28,29)30/h2-8,15H,1,9-10H2,(H,37,40)(H,38,39)/b19-8-. The van der Waals surface area contributed by atoms with Gasteiger partial charge in [-0.15, -0.1) is 0 Å². The van der Waals surface area contributed by atoms with Crippen LogP contribution in [-0.4, -0.2) is 37.3 Å². The summed E-state index contributed by atoms with van der Waals surface area (Å²) in [7, 11) is 0. The molecule has 0 heterocycles. The van der Waals surface area contributed by atoms with Crippen LogP contribution in [0.1, 0.15) is 38.5 Å². The predicted molar refractivity (Wildman–Crippen MR) is 127 cm³/mol. The lowest BCUT2D eigenvalue weighted by Crippen LogP contribution is -2.41. The topological polar surface area (TPSA) is 58.2 Å². The van der Waals surface area contributed by atoms with Crippen molar-refractivity contribution >= 4 is 46.9 Å². The van der Waals surface area contributed by atoms with Gasteiger partial charge in [-0.25, -0.2) is 4.39 Å². The zero-order valence-corrected chi connectivity index (χ0v) is 21.1. The Morgan fingerprint density at radius 1 is 0.925 bits per heavy atom. The second-order valence-electron chi connectivity index (χ2n) is 7.97. The highest BCUT2D eigenvalue weighted by Gasteiger charge is 2.41. The Labute approximate surface area is 229 Å². The number of carbonyl (C=O) groups excluding carboxylic acids is 2. The van der Waals surface area contributed by atoms with Crippen molar-refractivity contribution < 1.29 is 53.5 Å². The van der Waals surface area contributed by atoms with Crippen LogP contribution in [0.2, 0.25) is 10.0 Å². The molecule has 0 radical (unpaired) electrons. The summed E-state index contributed by atoms with van der Waals surface area (Å²) in [4.78, 5) is 23.6. The molecule has 0 aliphatic carbocycles. The van der Waals surface area contributed by atoms with Crippen LogP contribution in [0.4, 0.5) is 43.9 Å². The molecule has 0 bridgehead atoms. The first-order chi connectivity index (χ1) is 18.2. The maximum Gasteiger partial charge on any atom is 0.417 e. The Hall–Kier alpha value is -3.26. The van der Waals surface area contributed by atoms with Crippen LogP contribution in [0.3, 0.4) is 0 Å². The summed E-state index contributed by atoms with van der Waals surface area (Å²) in [5.74, 6) is -7.38. The summed E-state index contributed by atoms with van der Waals surface area (Å²) >= 11 is 11.8. The Balaban J connectivity index is 2.43. The second kappa shape index (κ2) is 12.5. The molecule has 2 aromatic carbocycles. The molecule has 2 aromatic rings. The van der Waals surface area contributed by atoms with Gasteiger partial charge in [0.25, 0.3) is 5.91 Å². The molecular formula is C24H16Cl2F10N2O2. The van der Waals surface area contributed by atoms with Gasteiger partial charge in [-0.1, -0.05) is 41.9 Å². The molecule has 0 aliphatic rings. The number of allylic oxidation sites excluding steroid dienone is 1. The van der Waals surface area contributed by atoms with Gasteiger partial charge in [-0.05, 0) is 35.9 Å². The van der Waals surface area contributed by atoms with Gasteiger partial charge < -0.3 is 10.6 Å². The average molecular weight is 625 g/mol. The lowest BCUT2D eigenvalue weighted by Gasteiger charge is -2.19. The van der Waals surface area contributed by atoms with E-state index in [2.05, 4.69) is 6.58 Å². The second-order valence-corrected chi connectivity index (χ2v) is 8.78. The largest absolute Gasteiger partial charge is 0.417 e. The van der Waals surface area contributed by atoms with E-state index in [1.54, 1.807) is 5.32 Å². The summed E-state index contributed by atoms with van der Waals surface area (Å²) in [6.45, 7) is 0.512. The van der Waals surface area contributed by atoms with E-state index in [-0.39, 0.29) is 27.8 Å². The number of rotatable bonds is 8. The highest BCUT2D eigenvalue weighted by molar-refractivity contribution is 6.37. The van der Waals surface area contributed by atoms with E-state index in [0.717, 1.165) is 12.1 Å². The maximum atomic E-state index is 15.0. The van der Waals surface area contributed by atoms with Gasteiger partial charge in [0.15, 0.2) is 0 Å². The van der Waals surface area contributed by atoms with Crippen LogP contribution in [0.25, 0.3) is 11.9 Å². The highest BCUT2D eigenvalue weighted by Crippen LogP contribution is 2.42. The first kappa shape index (κ1) is 32.9. The van der Waals surface area contributed by atoms with E-state index in [1.165, 1.54) is 11.4 Å². The Kier molecular flexibility index (Phi) is 10.3. The summed E-state index contributed by atoms with van der Waals surface area (Å²) in [6, 6.07) is 2.76. The number of halogens is 12. The molecule has 0 saturated carbocycles. The van der Waals surface area contributed by atoms with Gasteiger partial charge in [0.1, 0.15) is 18.3 Å². The number of hydrogen-bond donors (Lipinski definition) is 2. The third kappa shape index (κ3) is 8.88. The number of nitrogens with one attached hydrogen (secondary N) is 2. The minimum absolute atomic E-state index is 0.00417. The van der Waals surface area contributed by atoms with Gasteiger partial charge in [-0.2, -0.15) is 39.5 Å². The van der Waals surface area contributed by atoms with E-state index in [4.69, 9.17) is 23.2 Å². The summed E-state index contributed by atoms with van der Waals surface area (Å²) in [5, 5.41) is 2.57. The number of alkyl halides is 9. The summed E-state index contributed by atoms with van der Waals surface area (Å²) < 4.78 is 134. The third-order valence-electron chi connectivity index (χ3n) is 5.07. The number of amides is 2. The number of benzene rings is 2. The minimum Gasteiger partial charge on any atom is -0.345 e. The highest BCUT2D eigenvalue weighted by atomic mass is 35.5. The van der Waals surface area contributed by atoms with Gasteiger partial charge in [0, 0.05) is 21.2 Å². The zero-order valence-electron chi connectivity index (χ0n) is 19.6. The Bertz CT molecular complexity index is 1300. The normalized spacial score (nSPS) is 13.6. The molecule has 1 atom stereocenters. The van der Waals surface area contributed by atoms with Gasteiger partial charge in [-0.3, -0.25) is 9.59 Å². The fourth-order valence-electron chi connectivity index (χ4n) is 3.24. The molecule has 0 spiro atoms. The average Bonchev–Trinajstić information content (AvgIpc) is 2.82. The van der Waals surface area contributed by atoms with Crippen molar-refractivity contribution in [3.8, 4) is 0 Å². The van der Waals surface area contributed by atoms with Crippen molar-refractivity contribution in [2.75, 3.05) is 13.1 Å². The Morgan fingerprint density at radius 2 is 1.50 bits per heavy atom. The molecule has 2 N–H and O–H groups in total. The van der Waals surface area contributed by atoms with Gasteiger partial charge >= 0.3 is 18.5 Å². The van der Waals surface area contributed by atoms with E-state index in [1.807, 2.05) is 0 Å². The first-order valence-electron chi connectivity index (χ1n) is 10.6. The lowest BCUT2D eigenvalue weighted by atomic mass is 9.94. The van der Waals surface area contributed by atoms with Crippen LogP contribution in [0.5, 0.6) is 0 Å². The molecule has 1 unspecified atom stereocenters. The summed E-state index contributed by atoms with van der Waals surface area (Å²) in [5.41, 5.74) is -4.47. The fraction of sp³-hybridized carbons (Fsp3) is 0.250. The molecule has 218 valence electrons. The van der Waals surface area contributed by atoms with Crippen molar-refractivity contribution in [2.24, 2.45) is 0 Å². The van der Waals surface area contributed by atoms with E-state index >= 15 is 0 Å². The van der Waals surface area contributed by atoms with Crippen molar-refractivity contribution in [2.45, 2.75) is 24.4 Å². The van der Waals surface area contributed by atoms with Crippen LogP contribution < -0.4 is 10.6 Å². The van der Waals surface area contributed by atoms with Crippen molar-refractivity contribution in [1.29, 1.82) is 0 Å². The SMILES string of the molecule is C=Cc1c(Cl)cc(C(/C=C(\F)c2ccc(C(=O)NCC(=O)NCC(F)(F)F)c(C(F)(F)F)c2)C(F)(F)F)cc1Cl. The van der Waals surface area contributed by atoms with Crippen molar-refractivity contribution in [1.82, 2.24) is 10.6 Å². The van der Waals surface area contributed by atoms with Crippen molar-refractivity contribution in [3.05, 3.63) is 80.8 Å². The predicted octanol–water partition coefficient (Wildman–Crippen LogP) is 7.72. The molecule has 16 heteroatoms.